The molecule has 0 atom stereocenters. The first kappa shape index (κ1) is 20.5. The Bertz CT molecular complexity index is 901. The van der Waals surface area contributed by atoms with E-state index >= 15 is 0 Å². The van der Waals surface area contributed by atoms with Gasteiger partial charge in [0.05, 0.1) is 43.5 Å². The molecule has 0 unspecified atom stereocenters. The van der Waals surface area contributed by atoms with Crippen molar-refractivity contribution in [2.75, 3.05) is 31.3 Å². The lowest BCUT2D eigenvalue weighted by Crippen LogP contribution is -2.31. The van der Waals surface area contributed by atoms with Crippen molar-refractivity contribution in [1.29, 1.82) is 0 Å². The third-order valence-electron chi connectivity index (χ3n) is 4.02. The molecule has 0 aliphatic carbocycles. The minimum absolute atomic E-state index is 0.104. The molecule has 9 heteroatoms. The Morgan fingerprint density at radius 3 is 2.41 bits per heavy atom. The molecule has 0 spiro atoms. The van der Waals surface area contributed by atoms with Crippen molar-refractivity contribution >= 4 is 21.6 Å². The first-order chi connectivity index (χ1) is 12.8. The summed E-state index contributed by atoms with van der Waals surface area (Å²) in [4.78, 5) is 16.9. The number of methoxy groups -OCH3 is 2. The lowest BCUT2D eigenvalue weighted by molar-refractivity contribution is 0.0950. The first-order valence-corrected chi connectivity index (χ1v) is 9.85. The fraction of sp³-hybridized carbons (Fsp3) is 0.333. The van der Waals surface area contributed by atoms with Crippen LogP contribution in [0, 0.1) is 0 Å². The zero-order valence-electron chi connectivity index (χ0n) is 15.7. The van der Waals surface area contributed by atoms with Crippen LogP contribution in [0.1, 0.15) is 23.0 Å². The molecule has 0 fully saturated rings. The molecule has 1 amide bonds. The van der Waals surface area contributed by atoms with Gasteiger partial charge in [-0.15, -0.1) is 0 Å². The molecule has 1 N–H and O–H groups in total. The van der Waals surface area contributed by atoms with Crippen LogP contribution in [0.2, 0.25) is 0 Å². The molecule has 0 saturated heterocycles. The van der Waals surface area contributed by atoms with Gasteiger partial charge < -0.3 is 14.8 Å². The standard InChI is InChI=1S/C18H23N3O5S/c1-5-27(23,24)21(2)15-11-17(26-4)16(25-3)10-14(15)18(22)20-12-13-8-6-7-9-19-13/h6-11H,5,12H2,1-4H3,(H,20,22). The zero-order chi connectivity index (χ0) is 20.0. The van der Waals surface area contributed by atoms with Crippen molar-refractivity contribution in [3.05, 3.63) is 47.8 Å². The van der Waals surface area contributed by atoms with Gasteiger partial charge in [0.15, 0.2) is 11.5 Å². The number of carbonyl (C=O) groups excluding carboxylic acids is 1. The monoisotopic (exact) mass is 393 g/mol. The lowest BCUT2D eigenvalue weighted by atomic mass is 10.1. The summed E-state index contributed by atoms with van der Waals surface area (Å²) >= 11 is 0. The number of nitrogens with one attached hydrogen (secondary N) is 1. The average Bonchev–Trinajstić information content (AvgIpc) is 2.71. The normalized spacial score (nSPS) is 11.0. The maximum absolute atomic E-state index is 12.8. The Kier molecular flexibility index (Phi) is 6.62. The summed E-state index contributed by atoms with van der Waals surface area (Å²) < 4.78 is 36.2. The van der Waals surface area contributed by atoms with E-state index in [1.807, 2.05) is 6.07 Å². The molecule has 0 aliphatic heterocycles. The van der Waals surface area contributed by atoms with Crippen molar-refractivity contribution < 1.29 is 22.7 Å². The molecule has 2 rings (SSSR count). The molecule has 1 aromatic heterocycles. The van der Waals surface area contributed by atoms with Gasteiger partial charge >= 0.3 is 0 Å². The fourth-order valence-electron chi connectivity index (χ4n) is 2.42. The van der Waals surface area contributed by atoms with E-state index in [1.165, 1.54) is 40.3 Å². The number of aromatic nitrogens is 1. The average molecular weight is 393 g/mol. The Hall–Kier alpha value is -2.81. The number of ether oxygens (including phenoxy) is 2. The Morgan fingerprint density at radius 1 is 1.19 bits per heavy atom. The molecule has 146 valence electrons. The number of rotatable bonds is 8. The van der Waals surface area contributed by atoms with Crippen LogP contribution in [0.25, 0.3) is 0 Å². The van der Waals surface area contributed by atoms with Crippen molar-refractivity contribution in [2.45, 2.75) is 13.5 Å². The van der Waals surface area contributed by atoms with Crippen LogP contribution in [-0.2, 0) is 16.6 Å². The Morgan fingerprint density at radius 2 is 1.85 bits per heavy atom. The molecule has 1 heterocycles. The quantitative estimate of drug-likeness (QED) is 0.735. The smallest absolute Gasteiger partial charge is 0.253 e. The van der Waals surface area contributed by atoms with E-state index in [0.29, 0.717) is 17.2 Å². The largest absolute Gasteiger partial charge is 0.493 e. The summed E-state index contributed by atoms with van der Waals surface area (Å²) in [5, 5.41) is 2.75. The van der Waals surface area contributed by atoms with Gasteiger partial charge in [0.25, 0.3) is 5.91 Å². The fourth-order valence-corrected chi connectivity index (χ4v) is 3.26. The van der Waals surface area contributed by atoms with Crippen LogP contribution < -0.4 is 19.1 Å². The van der Waals surface area contributed by atoms with Crippen molar-refractivity contribution in [1.82, 2.24) is 10.3 Å². The van der Waals surface area contributed by atoms with Crippen LogP contribution in [0.5, 0.6) is 11.5 Å². The van der Waals surface area contributed by atoms with E-state index in [0.717, 1.165) is 4.31 Å². The Labute approximate surface area is 159 Å². The summed E-state index contributed by atoms with van der Waals surface area (Å²) in [5.41, 5.74) is 1.04. The number of sulfonamides is 1. The number of hydrogen-bond donors (Lipinski definition) is 1. The summed E-state index contributed by atoms with van der Waals surface area (Å²) in [6.07, 6.45) is 1.63. The van der Waals surface area contributed by atoms with E-state index in [1.54, 1.807) is 18.3 Å². The molecule has 2 aromatic rings. The van der Waals surface area contributed by atoms with Gasteiger partial charge in [0.2, 0.25) is 10.0 Å². The molecule has 0 saturated carbocycles. The van der Waals surface area contributed by atoms with Crippen LogP contribution in [0.4, 0.5) is 5.69 Å². The zero-order valence-corrected chi connectivity index (χ0v) is 16.5. The van der Waals surface area contributed by atoms with Crippen molar-refractivity contribution in [2.24, 2.45) is 0 Å². The van der Waals surface area contributed by atoms with Crippen LogP contribution in [0.3, 0.4) is 0 Å². The number of anilines is 1. The number of pyridine rings is 1. The minimum atomic E-state index is -3.57. The van der Waals surface area contributed by atoms with Crippen molar-refractivity contribution in [3.8, 4) is 11.5 Å². The molecule has 0 bridgehead atoms. The molecule has 27 heavy (non-hydrogen) atoms. The number of carbonyl (C=O) groups is 1. The van der Waals surface area contributed by atoms with Gasteiger partial charge in [0, 0.05) is 19.3 Å². The van der Waals surface area contributed by atoms with Gasteiger partial charge in [0.1, 0.15) is 0 Å². The van der Waals surface area contributed by atoms with Gasteiger partial charge in [-0.1, -0.05) is 6.07 Å². The highest BCUT2D eigenvalue weighted by Gasteiger charge is 2.25. The van der Waals surface area contributed by atoms with E-state index in [9.17, 15) is 13.2 Å². The lowest BCUT2D eigenvalue weighted by Gasteiger charge is -2.23. The highest BCUT2D eigenvalue weighted by molar-refractivity contribution is 7.92. The Balaban J connectivity index is 2.44. The topological polar surface area (TPSA) is 97.8 Å². The molecule has 1 aromatic carbocycles. The summed E-state index contributed by atoms with van der Waals surface area (Å²) in [6, 6.07) is 8.31. The van der Waals surface area contributed by atoms with Crippen LogP contribution in [-0.4, -0.2) is 46.3 Å². The van der Waals surface area contributed by atoms with Gasteiger partial charge in [-0.3, -0.25) is 14.1 Å². The maximum Gasteiger partial charge on any atom is 0.253 e. The highest BCUT2D eigenvalue weighted by Crippen LogP contribution is 2.35. The summed E-state index contributed by atoms with van der Waals surface area (Å²) in [5.74, 6) is 0.0977. The highest BCUT2D eigenvalue weighted by atomic mass is 32.2. The number of amides is 1. The third kappa shape index (κ3) is 4.68. The molecule has 0 aliphatic rings. The van der Waals surface area contributed by atoms with Crippen LogP contribution in [0.15, 0.2) is 36.5 Å². The molecule has 8 nitrogen and oxygen atoms in total. The first-order valence-electron chi connectivity index (χ1n) is 8.24. The minimum Gasteiger partial charge on any atom is -0.493 e. The van der Waals surface area contributed by atoms with E-state index in [2.05, 4.69) is 10.3 Å². The van der Waals surface area contributed by atoms with Crippen molar-refractivity contribution in [3.63, 3.8) is 0 Å². The second-order valence-electron chi connectivity index (χ2n) is 5.60. The van der Waals surface area contributed by atoms with E-state index < -0.39 is 15.9 Å². The molecular formula is C18H23N3O5S. The van der Waals surface area contributed by atoms with Gasteiger partial charge in [-0.25, -0.2) is 8.42 Å². The molecule has 0 radical (unpaired) electrons. The summed E-state index contributed by atoms with van der Waals surface area (Å²) in [6.45, 7) is 1.74. The number of benzene rings is 1. The maximum atomic E-state index is 12.8. The van der Waals surface area contributed by atoms with E-state index in [4.69, 9.17) is 9.47 Å². The molecular weight excluding hydrogens is 370 g/mol. The number of hydrogen-bond acceptors (Lipinski definition) is 6. The third-order valence-corrected chi connectivity index (χ3v) is 5.78. The predicted molar refractivity (Wildman–Crippen MR) is 103 cm³/mol. The van der Waals surface area contributed by atoms with Crippen LogP contribution >= 0.6 is 0 Å². The second kappa shape index (κ2) is 8.72. The van der Waals surface area contributed by atoms with Gasteiger partial charge in [-0.05, 0) is 25.1 Å². The predicted octanol–water partition coefficient (Wildman–Crippen LogP) is 1.81. The van der Waals surface area contributed by atoms with Gasteiger partial charge in [-0.2, -0.15) is 0 Å². The van der Waals surface area contributed by atoms with E-state index in [-0.39, 0.29) is 23.5 Å². The SMILES string of the molecule is CCS(=O)(=O)N(C)c1cc(OC)c(OC)cc1C(=O)NCc1ccccn1. The summed E-state index contributed by atoms with van der Waals surface area (Å²) in [7, 11) is 0.709. The second-order valence-corrected chi connectivity index (χ2v) is 7.89. The number of nitrogens with zero attached hydrogens (tertiary/aromatic N) is 2.